The zero-order chi connectivity index (χ0) is 16.2. The molecule has 4 nitrogen and oxygen atoms in total. The lowest BCUT2D eigenvalue weighted by Gasteiger charge is -2.05. The fraction of sp³-hybridized carbons (Fsp3) is 0.722. The Balaban J connectivity index is 1.95. The summed E-state index contributed by atoms with van der Waals surface area (Å²) in [6.45, 7) is 2.12. The Labute approximate surface area is 133 Å². The molecule has 126 valence electrons. The lowest BCUT2D eigenvalue weighted by molar-refractivity contribution is -0.137. The van der Waals surface area contributed by atoms with Crippen molar-refractivity contribution in [1.29, 1.82) is 0 Å². The van der Waals surface area contributed by atoms with Crippen LogP contribution in [0.1, 0.15) is 64.7 Å². The molecule has 2 N–H and O–H groups in total. The van der Waals surface area contributed by atoms with Gasteiger partial charge in [-0.1, -0.05) is 56.9 Å². The van der Waals surface area contributed by atoms with E-state index in [0.717, 1.165) is 51.4 Å². The standard InChI is InChI=1S/C18H30O4/c1-2-3-7-11-16-17(22-16)14-13-15(19)10-8-5-4-6-9-12-18(20)21/h3,7,13-17,19H,2,4-6,8-12H2,1H3,(H,20,21)/b7-3-,14-13+/t15-,16+,17+/m1/s1. The van der Waals surface area contributed by atoms with Gasteiger partial charge in [-0.2, -0.15) is 0 Å². The maximum absolute atomic E-state index is 10.4. The number of allylic oxidation sites excluding steroid dienone is 1. The summed E-state index contributed by atoms with van der Waals surface area (Å²) in [5.41, 5.74) is 0. The molecule has 1 aliphatic heterocycles. The van der Waals surface area contributed by atoms with Crippen LogP contribution in [0, 0.1) is 0 Å². The van der Waals surface area contributed by atoms with Gasteiger partial charge in [-0.15, -0.1) is 0 Å². The molecule has 1 aliphatic rings. The van der Waals surface area contributed by atoms with E-state index in [2.05, 4.69) is 19.1 Å². The minimum atomic E-state index is -0.716. The highest BCUT2D eigenvalue weighted by atomic mass is 16.6. The Bertz CT molecular complexity index is 362. The largest absolute Gasteiger partial charge is 0.481 e. The molecule has 0 amide bonds. The Hall–Kier alpha value is -1.13. The first kappa shape index (κ1) is 18.9. The van der Waals surface area contributed by atoms with Crippen LogP contribution in [0.4, 0.5) is 0 Å². The quantitative estimate of drug-likeness (QED) is 0.308. The van der Waals surface area contributed by atoms with Crippen LogP contribution in [0.15, 0.2) is 24.3 Å². The highest BCUT2D eigenvalue weighted by molar-refractivity contribution is 5.66. The average molecular weight is 310 g/mol. The minimum absolute atomic E-state index is 0.173. The summed E-state index contributed by atoms with van der Waals surface area (Å²) in [5, 5.41) is 18.4. The van der Waals surface area contributed by atoms with Crippen LogP contribution in [-0.2, 0) is 9.53 Å². The number of ether oxygens (including phenoxy) is 1. The van der Waals surface area contributed by atoms with Gasteiger partial charge in [-0.25, -0.2) is 0 Å². The zero-order valence-corrected chi connectivity index (χ0v) is 13.6. The summed E-state index contributed by atoms with van der Waals surface area (Å²) in [6.07, 6.45) is 16.0. The topological polar surface area (TPSA) is 70.1 Å². The van der Waals surface area contributed by atoms with Crippen LogP contribution in [0.2, 0.25) is 0 Å². The van der Waals surface area contributed by atoms with Crippen molar-refractivity contribution in [1.82, 2.24) is 0 Å². The van der Waals surface area contributed by atoms with E-state index < -0.39 is 12.1 Å². The Morgan fingerprint density at radius 3 is 2.64 bits per heavy atom. The predicted octanol–water partition coefficient (Wildman–Crippen LogP) is 3.84. The summed E-state index contributed by atoms with van der Waals surface area (Å²) in [4.78, 5) is 10.4. The van der Waals surface area contributed by atoms with Crippen molar-refractivity contribution in [3.8, 4) is 0 Å². The Morgan fingerprint density at radius 2 is 1.91 bits per heavy atom. The Kier molecular flexibility index (Phi) is 9.84. The lowest BCUT2D eigenvalue weighted by Crippen LogP contribution is -2.02. The molecule has 3 atom stereocenters. The summed E-state index contributed by atoms with van der Waals surface area (Å²) >= 11 is 0. The molecule has 4 heteroatoms. The van der Waals surface area contributed by atoms with Gasteiger partial charge in [0.1, 0.15) is 6.10 Å². The molecule has 22 heavy (non-hydrogen) atoms. The van der Waals surface area contributed by atoms with Gasteiger partial charge in [0, 0.05) is 6.42 Å². The maximum Gasteiger partial charge on any atom is 0.303 e. The van der Waals surface area contributed by atoms with Crippen LogP contribution in [0.25, 0.3) is 0 Å². The maximum atomic E-state index is 10.4. The zero-order valence-electron chi connectivity index (χ0n) is 13.6. The summed E-state index contributed by atoms with van der Waals surface area (Å²) in [5.74, 6) is -0.716. The number of aliphatic carboxylic acids is 1. The number of carbonyl (C=O) groups is 1. The van der Waals surface area contributed by atoms with Gasteiger partial charge in [0.05, 0.1) is 12.2 Å². The van der Waals surface area contributed by atoms with E-state index in [1.165, 1.54) is 0 Å². The smallest absolute Gasteiger partial charge is 0.303 e. The first-order valence-corrected chi connectivity index (χ1v) is 8.52. The fourth-order valence-electron chi connectivity index (χ4n) is 2.41. The number of aliphatic hydroxyl groups is 1. The molecule has 0 unspecified atom stereocenters. The van der Waals surface area contributed by atoms with E-state index >= 15 is 0 Å². The molecule has 1 rings (SSSR count). The average Bonchev–Trinajstić information content (AvgIpc) is 3.22. The van der Waals surface area contributed by atoms with Gasteiger partial charge in [-0.3, -0.25) is 4.79 Å². The number of epoxide rings is 1. The molecule has 0 aromatic carbocycles. The molecule has 0 bridgehead atoms. The van der Waals surface area contributed by atoms with E-state index in [1.54, 1.807) is 0 Å². The first-order valence-electron chi connectivity index (χ1n) is 8.52. The first-order chi connectivity index (χ1) is 10.6. The predicted molar refractivity (Wildman–Crippen MR) is 87.8 cm³/mol. The summed E-state index contributed by atoms with van der Waals surface area (Å²) < 4.78 is 5.51. The van der Waals surface area contributed by atoms with Crippen LogP contribution >= 0.6 is 0 Å². The number of carboxylic acid groups (broad SMARTS) is 1. The molecule has 0 aromatic heterocycles. The van der Waals surface area contributed by atoms with Gasteiger partial charge in [-0.05, 0) is 25.7 Å². The van der Waals surface area contributed by atoms with Gasteiger partial charge >= 0.3 is 5.97 Å². The number of rotatable bonds is 13. The van der Waals surface area contributed by atoms with Crippen molar-refractivity contribution < 1.29 is 19.7 Å². The van der Waals surface area contributed by atoms with Gasteiger partial charge in [0.2, 0.25) is 0 Å². The molecule has 0 aliphatic carbocycles. The molecule has 0 spiro atoms. The second kappa shape index (κ2) is 11.4. The number of carboxylic acids is 1. The fourth-order valence-corrected chi connectivity index (χ4v) is 2.41. The van der Waals surface area contributed by atoms with Crippen LogP contribution in [0.3, 0.4) is 0 Å². The van der Waals surface area contributed by atoms with Crippen molar-refractivity contribution in [2.45, 2.75) is 83.0 Å². The third-order valence-electron chi connectivity index (χ3n) is 3.81. The third-order valence-corrected chi connectivity index (χ3v) is 3.81. The molecule has 1 fully saturated rings. The van der Waals surface area contributed by atoms with Crippen LogP contribution in [0.5, 0.6) is 0 Å². The molecular formula is C18H30O4. The summed E-state index contributed by atoms with van der Waals surface area (Å²) in [7, 11) is 0. The molecule has 1 heterocycles. The second-order valence-electron chi connectivity index (χ2n) is 5.91. The molecular weight excluding hydrogens is 280 g/mol. The van der Waals surface area contributed by atoms with E-state index in [0.29, 0.717) is 6.10 Å². The van der Waals surface area contributed by atoms with Crippen LogP contribution < -0.4 is 0 Å². The number of unbranched alkanes of at least 4 members (excludes halogenated alkanes) is 4. The minimum Gasteiger partial charge on any atom is -0.481 e. The molecule has 0 aromatic rings. The number of aliphatic hydroxyl groups excluding tert-OH is 1. The van der Waals surface area contributed by atoms with Gasteiger partial charge < -0.3 is 14.9 Å². The molecule has 0 radical (unpaired) electrons. The number of hydrogen-bond donors (Lipinski definition) is 2. The monoisotopic (exact) mass is 310 g/mol. The second-order valence-corrected chi connectivity index (χ2v) is 5.91. The van der Waals surface area contributed by atoms with E-state index in [-0.39, 0.29) is 12.5 Å². The van der Waals surface area contributed by atoms with Crippen molar-refractivity contribution in [2.24, 2.45) is 0 Å². The lowest BCUT2D eigenvalue weighted by atomic mass is 10.1. The highest BCUT2D eigenvalue weighted by Crippen LogP contribution is 2.27. The van der Waals surface area contributed by atoms with Crippen molar-refractivity contribution >= 4 is 5.97 Å². The van der Waals surface area contributed by atoms with E-state index in [4.69, 9.17) is 9.84 Å². The highest BCUT2D eigenvalue weighted by Gasteiger charge is 2.34. The SMILES string of the molecule is CC/C=C\C[C@@H]1O[C@H]1/C=C/[C@H](O)CCCCCCCC(=O)O. The Morgan fingerprint density at radius 1 is 1.18 bits per heavy atom. The van der Waals surface area contributed by atoms with E-state index in [9.17, 15) is 9.90 Å². The summed E-state index contributed by atoms with van der Waals surface area (Å²) in [6, 6.07) is 0. The normalized spacial score (nSPS) is 22.5. The van der Waals surface area contributed by atoms with E-state index in [1.807, 2.05) is 12.2 Å². The third kappa shape index (κ3) is 9.74. The van der Waals surface area contributed by atoms with Crippen molar-refractivity contribution in [3.05, 3.63) is 24.3 Å². The van der Waals surface area contributed by atoms with Gasteiger partial charge in [0.25, 0.3) is 0 Å². The molecule has 0 saturated carbocycles. The molecule has 1 saturated heterocycles. The van der Waals surface area contributed by atoms with Crippen molar-refractivity contribution in [3.63, 3.8) is 0 Å². The van der Waals surface area contributed by atoms with Crippen LogP contribution in [-0.4, -0.2) is 34.5 Å². The van der Waals surface area contributed by atoms with Gasteiger partial charge in [0.15, 0.2) is 0 Å². The number of hydrogen-bond acceptors (Lipinski definition) is 3. The van der Waals surface area contributed by atoms with Crippen molar-refractivity contribution in [2.75, 3.05) is 0 Å².